The number of anilines is 4. The number of nitrogens with one attached hydrogen (secondary N) is 2. The van der Waals surface area contributed by atoms with Crippen molar-refractivity contribution in [3.63, 3.8) is 0 Å². The number of aromatic amines is 1. The second-order valence-corrected chi connectivity index (χ2v) is 5.91. The zero-order valence-corrected chi connectivity index (χ0v) is 13.2. The lowest BCUT2D eigenvalue weighted by molar-refractivity contribution is 0.0612. The van der Waals surface area contributed by atoms with Crippen LogP contribution in [0.1, 0.15) is 6.42 Å². The minimum atomic E-state index is -1.30. The lowest BCUT2D eigenvalue weighted by Gasteiger charge is -2.32. The number of nitrogens with zero attached hydrogens (tertiary/aromatic N) is 5. The highest BCUT2D eigenvalue weighted by Crippen LogP contribution is 2.23. The molecule has 0 bridgehead atoms. The van der Waals surface area contributed by atoms with Crippen molar-refractivity contribution in [3.8, 4) is 0 Å². The summed E-state index contributed by atoms with van der Waals surface area (Å²) in [5, 5.41) is 20.1. The van der Waals surface area contributed by atoms with Crippen molar-refractivity contribution in [3.05, 3.63) is 24.5 Å². The second kappa shape index (κ2) is 6.13. The molecule has 10 heteroatoms. The highest BCUT2D eigenvalue weighted by atomic mass is 19.1. The summed E-state index contributed by atoms with van der Waals surface area (Å²) in [6, 6.07) is 3.47. The number of hydrogen-bond acceptors (Lipinski definition) is 8. The zero-order valence-electron chi connectivity index (χ0n) is 13.2. The van der Waals surface area contributed by atoms with E-state index in [-0.39, 0.29) is 6.54 Å². The molecule has 2 unspecified atom stereocenters. The Morgan fingerprint density at radius 3 is 3.08 bits per heavy atom. The van der Waals surface area contributed by atoms with E-state index in [9.17, 15) is 9.50 Å². The van der Waals surface area contributed by atoms with Crippen LogP contribution >= 0.6 is 0 Å². The molecule has 5 N–H and O–H groups in total. The fourth-order valence-electron chi connectivity index (χ4n) is 2.78. The molecule has 1 fully saturated rings. The SMILES string of the molecule is Nc1n[nH]c2cc(Nc3ccnc(N4CCC(O)C(F)C4)n3)ncc12. The number of piperidine rings is 1. The third-order valence-corrected chi connectivity index (χ3v) is 4.17. The van der Waals surface area contributed by atoms with Crippen LogP contribution in [-0.4, -0.2) is 55.6 Å². The van der Waals surface area contributed by atoms with E-state index in [0.29, 0.717) is 36.4 Å². The maximum Gasteiger partial charge on any atom is 0.227 e. The number of pyridine rings is 1. The summed E-state index contributed by atoms with van der Waals surface area (Å²) in [6.45, 7) is 0.574. The number of fused-ring (bicyclic) bond motifs is 1. The molecule has 2 atom stereocenters. The molecule has 4 heterocycles. The van der Waals surface area contributed by atoms with E-state index in [1.807, 2.05) is 0 Å². The molecule has 1 saturated heterocycles. The standard InChI is InChI=1S/C15H17FN8O/c16-9-7-24(4-2-11(9)25)15-18-3-1-12(21-15)20-13-5-10-8(6-19-13)14(17)23-22-10/h1,3,5-6,9,11,25H,2,4,7H2,(H3,17,22,23)(H,18,19,20,21). The molecular weight excluding hydrogens is 327 g/mol. The van der Waals surface area contributed by atoms with E-state index in [4.69, 9.17) is 5.73 Å². The zero-order chi connectivity index (χ0) is 17.4. The van der Waals surface area contributed by atoms with E-state index in [0.717, 1.165) is 10.9 Å². The van der Waals surface area contributed by atoms with Gasteiger partial charge >= 0.3 is 0 Å². The van der Waals surface area contributed by atoms with Crippen LogP contribution in [0.4, 0.5) is 27.8 Å². The number of aliphatic hydroxyl groups excluding tert-OH is 1. The third kappa shape index (κ3) is 3.03. The van der Waals surface area contributed by atoms with Crippen LogP contribution in [-0.2, 0) is 0 Å². The number of hydrogen-bond donors (Lipinski definition) is 4. The molecule has 0 spiro atoms. The molecule has 130 valence electrons. The van der Waals surface area contributed by atoms with Crippen molar-refractivity contribution in [1.29, 1.82) is 0 Å². The first-order valence-corrected chi connectivity index (χ1v) is 7.87. The molecule has 3 aromatic heterocycles. The smallest absolute Gasteiger partial charge is 0.227 e. The maximum atomic E-state index is 13.7. The summed E-state index contributed by atoms with van der Waals surface area (Å²) in [5.74, 6) is 1.90. The molecule has 9 nitrogen and oxygen atoms in total. The maximum absolute atomic E-state index is 13.7. The van der Waals surface area contributed by atoms with Gasteiger partial charge in [-0.05, 0) is 12.5 Å². The molecule has 3 aromatic rings. The van der Waals surface area contributed by atoms with Crippen LogP contribution in [0.2, 0.25) is 0 Å². The number of rotatable bonds is 3. The van der Waals surface area contributed by atoms with Gasteiger partial charge in [0.1, 0.15) is 17.8 Å². The van der Waals surface area contributed by atoms with Gasteiger partial charge in [-0.1, -0.05) is 0 Å². The first-order valence-electron chi connectivity index (χ1n) is 7.87. The topological polar surface area (TPSA) is 129 Å². The number of H-pyrrole nitrogens is 1. The van der Waals surface area contributed by atoms with Crippen LogP contribution in [0, 0.1) is 0 Å². The molecule has 1 aliphatic rings. The van der Waals surface area contributed by atoms with E-state index in [1.165, 1.54) is 0 Å². The Hall–Kier alpha value is -3.01. The monoisotopic (exact) mass is 344 g/mol. The van der Waals surface area contributed by atoms with Gasteiger partial charge in [0.25, 0.3) is 0 Å². The molecule has 4 rings (SSSR count). The number of aliphatic hydroxyl groups is 1. The van der Waals surface area contributed by atoms with Crippen LogP contribution in [0.15, 0.2) is 24.5 Å². The summed E-state index contributed by atoms with van der Waals surface area (Å²) >= 11 is 0. The van der Waals surface area contributed by atoms with Crippen molar-refractivity contribution in [2.45, 2.75) is 18.7 Å². The van der Waals surface area contributed by atoms with Gasteiger partial charge in [-0.15, -0.1) is 0 Å². The van der Waals surface area contributed by atoms with Crippen molar-refractivity contribution >= 4 is 34.3 Å². The molecule has 0 aliphatic carbocycles. The molecule has 1 aliphatic heterocycles. The summed E-state index contributed by atoms with van der Waals surface area (Å²) in [7, 11) is 0. The second-order valence-electron chi connectivity index (χ2n) is 5.91. The number of halogens is 1. The lowest BCUT2D eigenvalue weighted by atomic mass is 10.1. The first-order chi connectivity index (χ1) is 12.1. The molecular formula is C15H17FN8O. The predicted molar refractivity (Wildman–Crippen MR) is 91.3 cm³/mol. The number of aromatic nitrogens is 5. The summed E-state index contributed by atoms with van der Waals surface area (Å²) in [4.78, 5) is 14.6. The Morgan fingerprint density at radius 2 is 2.24 bits per heavy atom. The normalized spacial score (nSPS) is 20.8. The molecule has 0 amide bonds. The minimum Gasteiger partial charge on any atom is -0.390 e. The van der Waals surface area contributed by atoms with E-state index in [2.05, 4.69) is 30.5 Å². The lowest BCUT2D eigenvalue weighted by Crippen LogP contribution is -2.45. The van der Waals surface area contributed by atoms with Crippen LogP contribution < -0.4 is 16.0 Å². The number of alkyl halides is 1. The Morgan fingerprint density at radius 1 is 1.36 bits per heavy atom. The number of nitrogens with two attached hydrogens (primary N) is 1. The average molecular weight is 344 g/mol. The number of nitrogen functional groups attached to an aromatic ring is 1. The highest BCUT2D eigenvalue weighted by molar-refractivity contribution is 5.89. The molecule has 25 heavy (non-hydrogen) atoms. The average Bonchev–Trinajstić information content (AvgIpc) is 2.98. The third-order valence-electron chi connectivity index (χ3n) is 4.17. The van der Waals surface area contributed by atoms with Crippen molar-refractivity contribution < 1.29 is 9.50 Å². The van der Waals surface area contributed by atoms with Gasteiger partial charge in [-0.25, -0.2) is 14.4 Å². The van der Waals surface area contributed by atoms with Gasteiger partial charge in [0.15, 0.2) is 5.82 Å². The van der Waals surface area contributed by atoms with Crippen molar-refractivity contribution in [2.75, 3.05) is 29.0 Å². The molecule has 0 radical (unpaired) electrons. The quantitative estimate of drug-likeness (QED) is 0.553. The summed E-state index contributed by atoms with van der Waals surface area (Å²) in [6.07, 6.45) is 1.34. The fourth-order valence-corrected chi connectivity index (χ4v) is 2.78. The van der Waals surface area contributed by atoms with Crippen LogP contribution in [0.25, 0.3) is 10.9 Å². The minimum absolute atomic E-state index is 0.0717. The van der Waals surface area contributed by atoms with Gasteiger partial charge in [-0.3, -0.25) is 5.10 Å². The fraction of sp³-hybridized carbons (Fsp3) is 0.333. The summed E-state index contributed by atoms with van der Waals surface area (Å²) in [5.41, 5.74) is 6.48. The largest absolute Gasteiger partial charge is 0.390 e. The van der Waals surface area contributed by atoms with Gasteiger partial charge in [0, 0.05) is 25.0 Å². The summed E-state index contributed by atoms with van der Waals surface area (Å²) < 4.78 is 13.7. The predicted octanol–water partition coefficient (Wildman–Crippen LogP) is 0.983. The van der Waals surface area contributed by atoms with Crippen LogP contribution in [0.5, 0.6) is 0 Å². The highest BCUT2D eigenvalue weighted by Gasteiger charge is 2.28. The van der Waals surface area contributed by atoms with E-state index < -0.39 is 12.3 Å². The Balaban J connectivity index is 1.54. The van der Waals surface area contributed by atoms with Gasteiger partial charge in [-0.2, -0.15) is 10.1 Å². The van der Waals surface area contributed by atoms with Crippen molar-refractivity contribution in [1.82, 2.24) is 25.1 Å². The van der Waals surface area contributed by atoms with Gasteiger partial charge < -0.3 is 21.1 Å². The Bertz CT molecular complexity index is 900. The van der Waals surface area contributed by atoms with Crippen molar-refractivity contribution in [2.24, 2.45) is 0 Å². The van der Waals surface area contributed by atoms with Gasteiger partial charge in [0.05, 0.1) is 23.6 Å². The Labute approximate surface area is 142 Å². The molecule has 0 aromatic carbocycles. The van der Waals surface area contributed by atoms with E-state index in [1.54, 1.807) is 29.4 Å². The van der Waals surface area contributed by atoms with Crippen LogP contribution in [0.3, 0.4) is 0 Å². The molecule has 0 saturated carbocycles. The van der Waals surface area contributed by atoms with E-state index >= 15 is 0 Å². The first kappa shape index (κ1) is 15.5. The Kier molecular flexibility index (Phi) is 3.80. The van der Waals surface area contributed by atoms with Gasteiger partial charge in [0.2, 0.25) is 5.95 Å².